The maximum atomic E-state index is 13.6. The molecule has 2 rings (SSSR count). The van der Waals surface area contributed by atoms with Gasteiger partial charge in [-0.15, -0.1) is 0 Å². The Labute approximate surface area is 128 Å². The molecule has 114 valence electrons. The van der Waals surface area contributed by atoms with E-state index >= 15 is 0 Å². The number of likely N-dealkylation sites (N-methyl/N-ethyl adjacent to an activating group) is 1. The van der Waals surface area contributed by atoms with Crippen molar-refractivity contribution in [1.82, 2.24) is 0 Å². The highest BCUT2D eigenvalue weighted by atomic mass is 19.1. The van der Waals surface area contributed by atoms with Gasteiger partial charge in [0.2, 0.25) is 11.8 Å². The summed E-state index contributed by atoms with van der Waals surface area (Å²) in [5, 5.41) is 2.66. The van der Waals surface area contributed by atoms with Gasteiger partial charge in [-0.2, -0.15) is 0 Å². The minimum atomic E-state index is -0.384. The molecule has 2 aromatic carbocycles. The van der Waals surface area contributed by atoms with Gasteiger partial charge in [0.15, 0.2) is 0 Å². The summed E-state index contributed by atoms with van der Waals surface area (Å²) in [6, 6.07) is 13.1. The van der Waals surface area contributed by atoms with Gasteiger partial charge in [-0.1, -0.05) is 18.2 Å². The van der Waals surface area contributed by atoms with Crippen LogP contribution in [0, 0.1) is 5.82 Å². The van der Waals surface area contributed by atoms with Gasteiger partial charge in [0.05, 0.1) is 6.42 Å². The third-order valence-corrected chi connectivity index (χ3v) is 3.25. The van der Waals surface area contributed by atoms with E-state index in [9.17, 15) is 14.0 Å². The molecule has 4 nitrogen and oxygen atoms in total. The Bertz CT molecular complexity index is 683. The summed E-state index contributed by atoms with van der Waals surface area (Å²) in [5.74, 6) is -0.751. The van der Waals surface area contributed by atoms with E-state index in [4.69, 9.17) is 0 Å². The Morgan fingerprint density at radius 1 is 1.09 bits per heavy atom. The van der Waals surface area contributed by atoms with E-state index in [1.165, 1.54) is 17.9 Å². The minimum Gasteiger partial charge on any atom is -0.326 e. The standard InChI is InChI=1S/C17H17FN2O2/c1-12(21)19-14-7-9-15(10-8-14)20(2)17(22)11-13-5-3-4-6-16(13)18/h3-10H,11H2,1-2H3,(H,19,21). The molecule has 22 heavy (non-hydrogen) atoms. The van der Waals surface area contributed by atoms with Crippen LogP contribution in [0.25, 0.3) is 0 Å². The maximum absolute atomic E-state index is 13.6. The molecule has 0 aliphatic heterocycles. The molecule has 5 heteroatoms. The van der Waals surface area contributed by atoms with Crippen LogP contribution in [-0.4, -0.2) is 18.9 Å². The summed E-state index contributed by atoms with van der Waals surface area (Å²) in [4.78, 5) is 24.6. The van der Waals surface area contributed by atoms with E-state index in [1.807, 2.05) is 0 Å². The first-order chi connectivity index (χ1) is 10.5. The second kappa shape index (κ2) is 6.85. The first kappa shape index (κ1) is 15.7. The molecule has 0 atom stereocenters. The van der Waals surface area contributed by atoms with Gasteiger partial charge in [0, 0.05) is 25.3 Å². The number of hydrogen-bond donors (Lipinski definition) is 1. The number of nitrogens with one attached hydrogen (secondary N) is 1. The largest absolute Gasteiger partial charge is 0.326 e. The molecule has 0 aliphatic carbocycles. The van der Waals surface area contributed by atoms with Gasteiger partial charge >= 0.3 is 0 Å². The quantitative estimate of drug-likeness (QED) is 0.943. The van der Waals surface area contributed by atoms with E-state index in [1.54, 1.807) is 49.5 Å². The van der Waals surface area contributed by atoms with Crippen molar-refractivity contribution in [2.24, 2.45) is 0 Å². The van der Waals surface area contributed by atoms with Crippen LogP contribution < -0.4 is 10.2 Å². The van der Waals surface area contributed by atoms with Crippen LogP contribution in [0.15, 0.2) is 48.5 Å². The van der Waals surface area contributed by atoms with Crippen molar-refractivity contribution in [3.05, 3.63) is 59.9 Å². The molecule has 0 saturated heterocycles. The number of rotatable bonds is 4. The zero-order valence-electron chi connectivity index (χ0n) is 12.5. The van der Waals surface area contributed by atoms with Crippen LogP contribution in [0.4, 0.5) is 15.8 Å². The monoisotopic (exact) mass is 300 g/mol. The van der Waals surface area contributed by atoms with Crippen molar-refractivity contribution in [1.29, 1.82) is 0 Å². The van der Waals surface area contributed by atoms with Crippen LogP contribution in [0.3, 0.4) is 0 Å². The highest BCUT2D eigenvalue weighted by Crippen LogP contribution is 2.18. The summed E-state index contributed by atoms with van der Waals surface area (Å²) in [6.07, 6.45) is -0.00335. The number of carbonyl (C=O) groups excluding carboxylic acids is 2. The highest BCUT2D eigenvalue weighted by Gasteiger charge is 2.13. The number of anilines is 2. The highest BCUT2D eigenvalue weighted by molar-refractivity contribution is 5.95. The van der Waals surface area contributed by atoms with Crippen LogP contribution >= 0.6 is 0 Å². The van der Waals surface area contributed by atoms with Crippen molar-refractivity contribution in [2.75, 3.05) is 17.3 Å². The lowest BCUT2D eigenvalue weighted by atomic mass is 10.1. The zero-order chi connectivity index (χ0) is 16.1. The van der Waals surface area contributed by atoms with Gasteiger partial charge in [-0.3, -0.25) is 9.59 Å². The summed E-state index contributed by atoms with van der Waals surface area (Å²) < 4.78 is 13.6. The third-order valence-electron chi connectivity index (χ3n) is 3.25. The molecule has 0 heterocycles. The lowest BCUT2D eigenvalue weighted by molar-refractivity contribution is -0.117. The first-order valence-corrected chi connectivity index (χ1v) is 6.85. The first-order valence-electron chi connectivity index (χ1n) is 6.85. The van der Waals surface area contributed by atoms with E-state index in [2.05, 4.69) is 5.32 Å². The zero-order valence-corrected chi connectivity index (χ0v) is 12.5. The molecule has 0 aliphatic rings. The summed E-state index contributed by atoms with van der Waals surface area (Å²) in [6.45, 7) is 1.43. The average molecular weight is 300 g/mol. The number of benzene rings is 2. The predicted octanol–water partition coefficient (Wildman–Crippen LogP) is 2.99. The minimum absolute atomic E-state index is 0.00335. The van der Waals surface area contributed by atoms with Crippen LogP contribution in [-0.2, 0) is 16.0 Å². The van der Waals surface area contributed by atoms with E-state index in [-0.39, 0.29) is 24.1 Å². The number of carbonyl (C=O) groups is 2. The predicted molar refractivity (Wildman–Crippen MR) is 84.3 cm³/mol. The molecule has 0 radical (unpaired) electrons. The molecule has 0 fully saturated rings. The van der Waals surface area contributed by atoms with Crippen molar-refractivity contribution in [3.63, 3.8) is 0 Å². The molecular formula is C17H17FN2O2. The SMILES string of the molecule is CC(=O)Nc1ccc(N(C)C(=O)Cc2ccccc2F)cc1. The number of halogens is 1. The summed E-state index contributed by atoms with van der Waals surface area (Å²) >= 11 is 0. The van der Waals surface area contributed by atoms with Crippen molar-refractivity contribution in [3.8, 4) is 0 Å². The molecule has 0 aromatic heterocycles. The molecule has 1 N–H and O–H groups in total. The lowest BCUT2D eigenvalue weighted by Gasteiger charge is -2.18. The molecule has 0 unspecified atom stereocenters. The Kier molecular flexibility index (Phi) is 4.88. The Morgan fingerprint density at radius 2 is 1.73 bits per heavy atom. The van der Waals surface area contributed by atoms with E-state index in [0.29, 0.717) is 16.9 Å². The van der Waals surface area contributed by atoms with Crippen molar-refractivity contribution >= 4 is 23.2 Å². The smallest absolute Gasteiger partial charge is 0.231 e. The Balaban J connectivity index is 2.07. The van der Waals surface area contributed by atoms with Crippen LogP contribution in [0.1, 0.15) is 12.5 Å². The second-order valence-corrected chi connectivity index (χ2v) is 4.95. The van der Waals surface area contributed by atoms with Crippen LogP contribution in [0.2, 0.25) is 0 Å². The molecule has 2 aromatic rings. The summed E-state index contributed by atoms with van der Waals surface area (Å²) in [7, 11) is 1.64. The lowest BCUT2D eigenvalue weighted by Crippen LogP contribution is -2.28. The van der Waals surface area contributed by atoms with Gasteiger partial charge < -0.3 is 10.2 Å². The summed E-state index contributed by atoms with van der Waals surface area (Å²) in [5.41, 5.74) is 1.70. The van der Waals surface area contributed by atoms with Crippen molar-refractivity contribution < 1.29 is 14.0 Å². The van der Waals surface area contributed by atoms with Gasteiger partial charge in [0.1, 0.15) is 5.82 Å². The number of nitrogens with zero attached hydrogens (tertiary/aromatic N) is 1. The second-order valence-electron chi connectivity index (χ2n) is 4.95. The van der Waals surface area contributed by atoms with E-state index in [0.717, 1.165) is 0 Å². The Morgan fingerprint density at radius 3 is 2.32 bits per heavy atom. The molecule has 0 saturated carbocycles. The molecule has 0 spiro atoms. The third kappa shape index (κ3) is 3.91. The van der Waals surface area contributed by atoms with Crippen LogP contribution in [0.5, 0.6) is 0 Å². The number of hydrogen-bond acceptors (Lipinski definition) is 2. The van der Waals surface area contributed by atoms with Gasteiger partial charge in [-0.25, -0.2) is 4.39 Å². The fourth-order valence-electron chi connectivity index (χ4n) is 2.04. The van der Waals surface area contributed by atoms with E-state index < -0.39 is 0 Å². The fourth-order valence-corrected chi connectivity index (χ4v) is 2.04. The average Bonchev–Trinajstić information content (AvgIpc) is 2.49. The molecule has 0 bridgehead atoms. The van der Waals surface area contributed by atoms with Gasteiger partial charge in [0.25, 0.3) is 0 Å². The fraction of sp³-hybridized carbons (Fsp3) is 0.176. The topological polar surface area (TPSA) is 49.4 Å². The maximum Gasteiger partial charge on any atom is 0.231 e. The molecular weight excluding hydrogens is 283 g/mol. The van der Waals surface area contributed by atoms with Gasteiger partial charge in [-0.05, 0) is 35.9 Å². The normalized spacial score (nSPS) is 10.1. The number of amides is 2. The Hall–Kier alpha value is -2.69. The van der Waals surface area contributed by atoms with Crippen molar-refractivity contribution in [2.45, 2.75) is 13.3 Å². The molecule has 2 amide bonds.